The van der Waals surface area contributed by atoms with Crippen molar-refractivity contribution in [2.75, 3.05) is 30.5 Å². The van der Waals surface area contributed by atoms with Gasteiger partial charge in [-0.1, -0.05) is 12.1 Å². The van der Waals surface area contributed by atoms with Crippen molar-refractivity contribution in [3.05, 3.63) is 65.2 Å². The molecule has 10 nitrogen and oxygen atoms in total. The average Bonchev–Trinajstić information content (AvgIpc) is 2.81. The minimum Gasteiger partial charge on any atom is -0.444 e. The molecule has 1 heterocycles. The number of halogens is 2. The number of nitrogens with two attached hydrogens (primary N) is 1. The van der Waals surface area contributed by atoms with Gasteiger partial charge in [0.2, 0.25) is 0 Å². The number of nitrogen functional groups attached to an aromatic ring is 1. The summed E-state index contributed by atoms with van der Waals surface area (Å²) >= 11 is 0. The second-order valence-electron chi connectivity index (χ2n) is 9.14. The molecule has 3 N–H and O–H groups in total. The Balaban J connectivity index is 1.87. The average molecular weight is 526 g/mol. The fourth-order valence-corrected chi connectivity index (χ4v) is 5.15. The van der Waals surface area contributed by atoms with Crippen molar-refractivity contribution in [1.82, 2.24) is 14.6 Å². The summed E-state index contributed by atoms with van der Waals surface area (Å²) in [6, 6.07) is 8.44. The third kappa shape index (κ3) is 6.47. The van der Waals surface area contributed by atoms with E-state index in [1.165, 1.54) is 29.2 Å². The van der Waals surface area contributed by atoms with Crippen LogP contribution in [-0.2, 0) is 21.5 Å². The topological polar surface area (TPSA) is 125 Å². The number of anilines is 1. The Labute approximate surface area is 208 Å². The largest absolute Gasteiger partial charge is 0.444 e. The Bertz CT molecular complexity index is 1230. The molecule has 2 aromatic carbocycles. The van der Waals surface area contributed by atoms with Crippen molar-refractivity contribution in [3.8, 4) is 0 Å². The Morgan fingerprint density at radius 1 is 1.08 bits per heavy atom. The molecule has 0 saturated carbocycles. The molecule has 1 aliphatic heterocycles. The van der Waals surface area contributed by atoms with E-state index >= 15 is 0 Å². The van der Waals surface area contributed by atoms with E-state index in [1.54, 1.807) is 20.8 Å². The van der Waals surface area contributed by atoms with Crippen molar-refractivity contribution in [1.29, 1.82) is 0 Å². The Morgan fingerprint density at radius 3 is 2.31 bits per heavy atom. The fraction of sp³-hybridized carbons (Fsp3) is 0.391. The molecule has 196 valence electrons. The molecule has 0 atom stereocenters. The molecule has 0 aliphatic carbocycles. The Morgan fingerprint density at radius 2 is 1.75 bits per heavy atom. The van der Waals surface area contributed by atoms with Crippen molar-refractivity contribution >= 4 is 27.9 Å². The number of nitrogens with one attached hydrogen (secondary N) is 1. The Kier molecular flexibility index (Phi) is 8.16. The second kappa shape index (κ2) is 10.8. The van der Waals surface area contributed by atoms with Crippen molar-refractivity contribution in [3.63, 3.8) is 0 Å². The molecule has 0 aromatic heterocycles. The number of carbonyl (C=O) groups is 2. The van der Waals surface area contributed by atoms with Gasteiger partial charge >= 0.3 is 16.3 Å². The molecule has 0 bridgehead atoms. The molecular weight excluding hydrogens is 496 g/mol. The summed E-state index contributed by atoms with van der Waals surface area (Å²) < 4.78 is 63.5. The highest BCUT2D eigenvalue weighted by atomic mass is 32.2. The van der Waals surface area contributed by atoms with Crippen LogP contribution in [-0.4, -0.2) is 61.4 Å². The maximum Gasteiger partial charge on any atom is 0.410 e. The van der Waals surface area contributed by atoms with Gasteiger partial charge in [0.05, 0.1) is 12.2 Å². The summed E-state index contributed by atoms with van der Waals surface area (Å²) in [5.74, 6) is 2.87. The number of rotatable bonds is 6. The number of hydrazine groups is 1. The third-order valence-electron chi connectivity index (χ3n) is 5.35. The van der Waals surface area contributed by atoms with E-state index in [0.717, 1.165) is 26.8 Å². The molecular formula is C23H29F2N5O5S. The summed E-state index contributed by atoms with van der Waals surface area (Å²) in [7, 11) is -4.27. The molecule has 3 rings (SSSR count). The summed E-state index contributed by atoms with van der Waals surface area (Å²) in [5.41, 5.74) is 1.11. The molecule has 1 aliphatic rings. The minimum atomic E-state index is -4.27. The lowest BCUT2D eigenvalue weighted by atomic mass is 10.1. The van der Waals surface area contributed by atoms with Crippen molar-refractivity contribution < 1.29 is 31.5 Å². The van der Waals surface area contributed by atoms with Crippen LogP contribution < -0.4 is 15.6 Å². The van der Waals surface area contributed by atoms with Gasteiger partial charge in [0.25, 0.3) is 5.91 Å². The number of benzene rings is 2. The molecule has 1 saturated heterocycles. The highest BCUT2D eigenvalue weighted by molar-refractivity contribution is 7.90. The van der Waals surface area contributed by atoms with Gasteiger partial charge in [0.1, 0.15) is 17.2 Å². The van der Waals surface area contributed by atoms with Crippen molar-refractivity contribution in [2.45, 2.75) is 32.9 Å². The number of hydrogen-bond acceptors (Lipinski definition) is 6. The van der Waals surface area contributed by atoms with Gasteiger partial charge in [-0.05, 0) is 51.1 Å². The van der Waals surface area contributed by atoms with E-state index in [2.05, 4.69) is 0 Å². The predicted octanol–water partition coefficient (Wildman–Crippen LogP) is 2.37. The van der Waals surface area contributed by atoms with Gasteiger partial charge in [-0.2, -0.15) is 12.7 Å². The van der Waals surface area contributed by atoms with Crippen LogP contribution in [0.3, 0.4) is 0 Å². The van der Waals surface area contributed by atoms with Gasteiger partial charge in [-0.3, -0.25) is 14.5 Å². The molecule has 2 aromatic rings. The van der Waals surface area contributed by atoms with Crippen LogP contribution in [0, 0.1) is 11.6 Å². The zero-order valence-corrected chi connectivity index (χ0v) is 21.0. The van der Waals surface area contributed by atoms with Crippen molar-refractivity contribution in [2.24, 2.45) is 5.84 Å². The number of ether oxygens (including phenoxy) is 1. The molecule has 2 amide bonds. The number of nitrogens with zero attached hydrogens (tertiary/aromatic N) is 3. The van der Waals surface area contributed by atoms with E-state index in [9.17, 15) is 26.8 Å². The zero-order valence-electron chi connectivity index (χ0n) is 20.2. The number of piperazine rings is 1. The van der Waals surface area contributed by atoms with E-state index in [0.29, 0.717) is 0 Å². The van der Waals surface area contributed by atoms with E-state index < -0.39 is 46.0 Å². The first-order chi connectivity index (χ1) is 16.8. The van der Waals surface area contributed by atoms with Crippen LogP contribution in [0.5, 0.6) is 0 Å². The molecule has 0 unspecified atom stereocenters. The van der Waals surface area contributed by atoms with E-state index in [4.69, 9.17) is 10.6 Å². The molecule has 0 radical (unpaired) electrons. The van der Waals surface area contributed by atoms with Crippen LogP contribution in [0.25, 0.3) is 0 Å². The zero-order chi connectivity index (χ0) is 26.7. The normalized spacial score (nSPS) is 14.9. The first-order valence-corrected chi connectivity index (χ1v) is 12.5. The predicted molar refractivity (Wildman–Crippen MR) is 129 cm³/mol. The SMILES string of the molecule is CC(C)(C)OC(=O)N1CCN(S(=O)(=O)N(Cc2ccc(C(=O)NN)cc2F)c2cccc(F)c2)CC1. The molecule has 13 heteroatoms. The number of hydrogen-bond donors (Lipinski definition) is 2. The highest BCUT2D eigenvalue weighted by Gasteiger charge is 2.35. The second-order valence-corrected chi connectivity index (χ2v) is 11.0. The van der Waals surface area contributed by atoms with Gasteiger partial charge in [-0.25, -0.2) is 19.4 Å². The maximum atomic E-state index is 14.8. The molecule has 1 fully saturated rings. The lowest BCUT2D eigenvalue weighted by Crippen LogP contribution is -2.54. The van der Waals surface area contributed by atoms with Gasteiger partial charge < -0.3 is 9.64 Å². The smallest absolute Gasteiger partial charge is 0.410 e. The van der Waals surface area contributed by atoms with Gasteiger partial charge in [-0.15, -0.1) is 0 Å². The first-order valence-electron chi connectivity index (χ1n) is 11.1. The number of amides is 2. The van der Waals surface area contributed by atoms with Gasteiger partial charge in [0.15, 0.2) is 0 Å². The summed E-state index contributed by atoms with van der Waals surface area (Å²) in [4.78, 5) is 25.4. The fourth-order valence-electron chi connectivity index (χ4n) is 3.56. The van der Waals surface area contributed by atoms with E-state index in [-0.39, 0.29) is 43.0 Å². The van der Waals surface area contributed by atoms with Crippen LogP contribution in [0.1, 0.15) is 36.7 Å². The molecule has 0 spiro atoms. The summed E-state index contributed by atoms with van der Waals surface area (Å²) in [6.45, 7) is 4.83. The minimum absolute atomic E-state index is 0.00671. The lowest BCUT2D eigenvalue weighted by Gasteiger charge is -2.37. The Hall–Kier alpha value is -3.29. The molecule has 36 heavy (non-hydrogen) atoms. The summed E-state index contributed by atoms with van der Waals surface area (Å²) in [5, 5.41) is 0. The van der Waals surface area contributed by atoms with Crippen LogP contribution in [0.2, 0.25) is 0 Å². The maximum absolute atomic E-state index is 14.8. The van der Waals surface area contributed by atoms with Gasteiger partial charge in [0, 0.05) is 37.3 Å². The highest BCUT2D eigenvalue weighted by Crippen LogP contribution is 2.26. The monoisotopic (exact) mass is 525 g/mol. The lowest BCUT2D eigenvalue weighted by molar-refractivity contribution is 0.0192. The van der Waals surface area contributed by atoms with Crippen LogP contribution in [0.4, 0.5) is 19.3 Å². The first kappa shape index (κ1) is 27.3. The van der Waals surface area contributed by atoms with Crippen LogP contribution in [0.15, 0.2) is 42.5 Å². The quantitative estimate of drug-likeness (QED) is 0.339. The number of carbonyl (C=O) groups excluding carboxylic acids is 2. The van der Waals surface area contributed by atoms with Crippen LogP contribution >= 0.6 is 0 Å². The van der Waals surface area contributed by atoms with E-state index in [1.807, 2.05) is 5.43 Å². The standard InChI is InChI=1S/C23H29F2N5O5S/c1-23(2,3)35-22(32)28-9-11-29(12-10-28)36(33,34)30(19-6-4-5-18(24)14-19)15-17-8-7-16(13-20(17)25)21(31)27-26/h4-8,13-14H,9-12,15,26H2,1-3H3,(H,27,31). The summed E-state index contributed by atoms with van der Waals surface area (Å²) in [6.07, 6.45) is -0.551. The third-order valence-corrected chi connectivity index (χ3v) is 7.27.